The van der Waals surface area contributed by atoms with Crippen LogP contribution in [0.3, 0.4) is 0 Å². The number of para-hydroxylation sites is 1. The summed E-state index contributed by atoms with van der Waals surface area (Å²) in [7, 11) is 0. The highest BCUT2D eigenvalue weighted by atomic mass is 19.1. The van der Waals surface area contributed by atoms with Crippen molar-refractivity contribution in [1.82, 2.24) is 0 Å². The van der Waals surface area contributed by atoms with Crippen molar-refractivity contribution >= 4 is 5.69 Å². The molecule has 3 nitrogen and oxygen atoms in total. The second-order valence-electron chi connectivity index (χ2n) is 3.00. The molecule has 5 heteroatoms. The van der Waals surface area contributed by atoms with Crippen LogP contribution in [0.15, 0.2) is 18.2 Å². The van der Waals surface area contributed by atoms with Crippen LogP contribution < -0.4 is 4.90 Å². The number of aliphatic hydroxyl groups is 2. The number of aliphatic hydroxyl groups excluding tert-OH is 2. The van der Waals surface area contributed by atoms with Gasteiger partial charge in [0, 0.05) is 13.1 Å². The Morgan fingerprint density at radius 1 is 1.00 bits per heavy atom. The fraction of sp³-hybridized carbons (Fsp3) is 0.400. The van der Waals surface area contributed by atoms with Crippen LogP contribution in [-0.4, -0.2) is 36.5 Å². The molecule has 0 aliphatic rings. The summed E-state index contributed by atoms with van der Waals surface area (Å²) in [6.45, 7) is -0.293. The van der Waals surface area contributed by atoms with Crippen LogP contribution in [0, 0.1) is 11.6 Å². The molecule has 0 aliphatic carbocycles. The molecular weight excluding hydrogens is 204 g/mol. The molecule has 1 rings (SSSR count). The van der Waals surface area contributed by atoms with Crippen molar-refractivity contribution in [2.24, 2.45) is 0 Å². The predicted molar refractivity (Wildman–Crippen MR) is 52.7 cm³/mol. The average Bonchev–Trinajstić information content (AvgIpc) is 2.18. The highest BCUT2D eigenvalue weighted by molar-refractivity contribution is 5.49. The third-order valence-corrected chi connectivity index (χ3v) is 1.99. The molecule has 1 aromatic rings. The Kier molecular flexibility index (Phi) is 4.45. The van der Waals surface area contributed by atoms with Gasteiger partial charge >= 0.3 is 0 Å². The van der Waals surface area contributed by atoms with Gasteiger partial charge in [0.1, 0.15) is 17.3 Å². The molecular formula is C10H13F2NO2. The topological polar surface area (TPSA) is 43.7 Å². The van der Waals surface area contributed by atoms with Gasteiger partial charge in [0.05, 0.1) is 13.2 Å². The SMILES string of the molecule is OCCN(CCO)c1c(F)cccc1F. The Morgan fingerprint density at radius 3 is 1.87 bits per heavy atom. The molecule has 0 atom stereocenters. The monoisotopic (exact) mass is 217 g/mol. The average molecular weight is 217 g/mol. The van der Waals surface area contributed by atoms with Crippen molar-refractivity contribution in [3.8, 4) is 0 Å². The molecule has 0 bridgehead atoms. The molecule has 0 spiro atoms. The third kappa shape index (κ3) is 2.87. The molecule has 0 aromatic heterocycles. The lowest BCUT2D eigenvalue weighted by atomic mass is 10.2. The van der Waals surface area contributed by atoms with Crippen molar-refractivity contribution < 1.29 is 19.0 Å². The van der Waals surface area contributed by atoms with Gasteiger partial charge in [-0.05, 0) is 12.1 Å². The minimum atomic E-state index is -0.697. The molecule has 2 N–H and O–H groups in total. The van der Waals surface area contributed by atoms with Crippen LogP contribution in [-0.2, 0) is 0 Å². The van der Waals surface area contributed by atoms with Crippen molar-refractivity contribution in [2.45, 2.75) is 0 Å². The van der Waals surface area contributed by atoms with E-state index in [1.165, 1.54) is 11.0 Å². The molecule has 15 heavy (non-hydrogen) atoms. The highest BCUT2D eigenvalue weighted by Crippen LogP contribution is 2.22. The first kappa shape index (κ1) is 11.9. The first-order valence-corrected chi connectivity index (χ1v) is 4.61. The Balaban J connectivity index is 2.98. The summed E-state index contributed by atoms with van der Waals surface area (Å²) in [5.74, 6) is -1.39. The van der Waals surface area contributed by atoms with Gasteiger partial charge in [-0.1, -0.05) is 6.07 Å². The molecule has 0 saturated carbocycles. The summed E-state index contributed by atoms with van der Waals surface area (Å²) in [6.07, 6.45) is 0. The summed E-state index contributed by atoms with van der Waals surface area (Å²) in [6, 6.07) is 3.55. The van der Waals surface area contributed by atoms with Crippen LogP contribution in [0.2, 0.25) is 0 Å². The fourth-order valence-corrected chi connectivity index (χ4v) is 1.37. The van der Waals surface area contributed by atoms with E-state index in [9.17, 15) is 8.78 Å². The predicted octanol–water partition coefficient (Wildman–Crippen LogP) is 0.756. The molecule has 0 fully saturated rings. The van der Waals surface area contributed by atoms with Crippen LogP contribution in [0.4, 0.5) is 14.5 Å². The molecule has 84 valence electrons. The molecule has 0 aliphatic heterocycles. The summed E-state index contributed by atoms with van der Waals surface area (Å²) in [5.41, 5.74) is -0.208. The molecule has 0 amide bonds. The molecule has 0 heterocycles. The van der Waals surface area contributed by atoms with Gasteiger partial charge in [0.15, 0.2) is 0 Å². The number of anilines is 1. The van der Waals surface area contributed by atoms with Crippen molar-refractivity contribution in [3.05, 3.63) is 29.8 Å². The summed E-state index contributed by atoms with van der Waals surface area (Å²) >= 11 is 0. The third-order valence-electron chi connectivity index (χ3n) is 1.99. The highest BCUT2D eigenvalue weighted by Gasteiger charge is 2.15. The summed E-state index contributed by atoms with van der Waals surface area (Å²) in [5, 5.41) is 17.5. The lowest BCUT2D eigenvalue weighted by Crippen LogP contribution is -2.31. The zero-order valence-corrected chi connectivity index (χ0v) is 8.16. The Morgan fingerprint density at radius 2 is 1.47 bits per heavy atom. The minimum Gasteiger partial charge on any atom is -0.395 e. The number of rotatable bonds is 5. The zero-order valence-electron chi connectivity index (χ0n) is 8.16. The van der Waals surface area contributed by atoms with E-state index in [0.717, 1.165) is 12.1 Å². The van der Waals surface area contributed by atoms with E-state index in [1.807, 2.05) is 0 Å². The molecule has 1 aromatic carbocycles. The normalized spacial score (nSPS) is 10.4. The van der Waals surface area contributed by atoms with Gasteiger partial charge in [-0.25, -0.2) is 8.78 Å². The zero-order chi connectivity index (χ0) is 11.3. The van der Waals surface area contributed by atoms with E-state index in [-0.39, 0.29) is 32.0 Å². The second-order valence-corrected chi connectivity index (χ2v) is 3.00. The number of halogens is 2. The number of hydrogen-bond acceptors (Lipinski definition) is 3. The molecule has 0 radical (unpaired) electrons. The number of hydrogen-bond donors (Lipinski definition) is 2. The number of nitrogens with zero attached hydrogens (tertiary/aromatic N) is 1. The van der Waals surface area contributed by atoms with Crippen molar-refractivity contribution in [1.29, 1.82) is 0 Å². The maximum atomic E-state index is 13.3. The second kappa shape index (κ2) is 5.63. The summed E-state index contributed by atoms with van der Waals surface area (Å²) in [4.78, 5) is 1.27. The maximum absolute atomic E-state index is 13.3. The van der Waals surface area contributed by atoms with Gasteiger partial charge in [0.2, 0.25) is 0 Å². The Hall–Kier alpha value is -1.20. The first-order chi connectivity index (χ1) is 7.20. The van der Waals surface area contributed by atoms with E-state index in [2.05, 4.69) is 0 Å². The van der Waals surface area contributed by atoms with E-state index in [4.69, 9.17) is 10.2 Å². The van der Waals surface area contributed by atoms with E-state index >= 15 is 0 Å². The Bertz CT molecular complexity index is 294. The van der Waals surface area contributed by atoms with Crippen LogP contribution in [0.1, 0.15) is 0 Å². The van der Waals surface area contributed by atoms with Gasteiger partial charge in [-0.3, -0.25) is 0 Å². The van der Waals surface area contributed by atoms with Crippen molar-refractivity contribution in [2.75, 3.05) is 31.2 Å². The van der Waals surface area contributed by atoms with Gasteiger partial charge in [0.25, 0.3) is 0 Å². The standard InChI is InChI=1S/C10H13F2NO2/c11-8-2-1-3-9(12)10(8)13(4-6-14)5-7-15/h1-3,14-15H,4-7H2. The quantitative estimate of drug-likeness (QED) is 0.765. The van der Waals surface area contributed by atoms with Gasteiger partial charge < -0.3 is 15.1 Å². The van der Waals surface area contributed by atoms with Crippen LogP contribution in [0.25, 0.3) is 0 Å². The maximum Gasteiger partial charge on any atom is 0.149 e. The first-order valence-electron chi connectivity index (χ1n) is 4.61. The minimum absolute atomic E-state index is 0.0818. The smallest absolute Gasteiger partial charge is 0.149 e. The lowest BCUT2D eigenvalue weighted by molar-refractivity contribution is 0.280. The fourth-order valence-electron chi connectivity index (χ4n) is 1.37. The molecule has 0 saturated heterocycles. The van der Waals surface area contributed by atoms with Crippen molar-refractivity contribution in [3.63, 3.8) is 0 Å². The van der Waals surface area contributed by atoms with Gasteiger partial charge in [-0.2, -0.15) is 0 Å². The van der Waals surface area contributed by atoms with E-state index in [0.29, 0.717) is 0 Å². The van der Waals surface area contributed by atoms with Crippen LogP contribution >= 0.6 is 0 Å². The Labute approximate surface area is 86.6 Å². The molecule has 0 unspecified atom stereocenters. The van der Waals surface area contributed by atoms with E-state index in [1.54, 1.807) is 0 Å². The van der Waals surface area contributed by atoms with Crippen LogP contribution in [0.5, 0.6) is 0 Å². The van der Waals surface area contributed by atoms with E-state index < -0.39 is 11.6 Å². The number of benzene rings is 1. The van der Waals surface area contributed by atoms with Gasteiger partial charge in [-0.15, -0.1) is 0 Å². The summed E-state index contributed by atoms with van der Waals surface area (Å²) < 4.78 is 26.6. The lowest BCUT2D eigenvalue weighted by Gasteiger charge is -2.23. The largest absolute Gasteiger partial charge is 0.395 e.